The standard InChI is InChI=1S/C21H29NO3/c1-24-19-7-3-6-18(20(19)25-2)21(23)22-10-4-5-17(22)13-16-12-14-8-9-15(16)11-14/h3,6-7,14-17H,4-5,8-13H2,1-2H3. The molecular weight excluding hydrogens is 314 g/mol. The fourth-order valence-corrected chi connectivity index (χ4v) is 5.57. The van der Waals surface area contributed by atoms with Gasteiger partial charge in [0.05, 0.1) is 19.8 Å². The van der Waals surface area contributed by atoms with Crippen LogP contribution in [-0.4, -0.2) is 37.6 Å². The number of ether oxygens (including phenoxy) is 2. The van der Waals surface area contributed by atoms with Crippen molar-refractivity contribution >= 4 is 5.91 Å². The van der Waals surface area contributed by atoms with Crippen molar-refractivity contribution in [2.75, 3.05) is 20.8 Å². The molecule has 2 bridgehead atoms. The fraction of sp³-hybridized carbons (Fsp3) is 0.667. The van der Waals surface area contributed by atoms with Crippen LogP contribution in [0.3, 0.4) is 0 Å². The first-order chi connectivity index (χ1) is 12.2. The van der Waals surface area contributed by atoms with E-state index in [4.69, 9.17) is 9.47 Å². The highest BCUT2D eigenvalue weighted by Gasteiger charge is 2.42. The molecule has 3 fully saturated rings. The van der Waals surface area contributed by atoms with Crippen LogP contribution in [0, 0.1) is 17.8 Å². The molecule has 4 unspecified atom stereocenters. The van der Waals surface area contributed by atoms with E-state index < -0.39 is 0 Å². The number of rotatable bonds is 5. The van der Waals surface area contributed by atoms with Crippen LogP contribution in [0.5, 0.6) is 11.5 Å². The second kappa shape index (κ2) is 6.89. The molecule has 1 amide bonds. The summed E-state index contributed by atoms with van der Waals surface area (Å²) in [6, 6.07) is 5.96. The number of methoxy groups -OCH3 is 2. The van der Waals surface area contributed by atoms with E-state index in [-0.39, 0.29) is 5.91 Å². The van der Waals surface area contributed by atoms with Crippen molar-refractivity contribution in [2.45, 2.75) is 51.0 Å². The van der Waals surface area contributed by atoms with Crippen LogP contribution in [0.25, 0.3) is 0 Å². The summed E-state index contributed by atoms with van der Waals surface area (Å²) in [5.41, 5.74) is 0.627. The molecule has 1 aromatic carbocycles. The lowest BCUT2D eigenvalue weighted by atomic mass is 9.83. The number of likely N-dealkylation sites (tertiary alicyclic amines) is 1. The third kappa shape index (κ3) is 3.00. The van der Waals surface area contributed by atoms with Gasteiger partial charge in [-0.25, -0.2) is 0 Å². The predicted molar refractivity (Wildman–Crippen MR) is 97.2 cm³/mol. The van der Waals surface area contributed by atoms with Gasteiger partial charge in [0.1, 0.15) is 0 Å². The fourth-order valence-electron chi connectivity index (χ4n) is 5.57. The van der Waals surface area contributed by atoms with E-state index in [1.807, 2.05) is 18.2 Å². The van der Waals surface area contributed by atoms with Crippen LogP contribution in [-0.2, 0) is 0 Å². The summed E-state index contributed by atoms with van der Waals surface area (Å²) in [4.78, 5) is 15.3. The lowest BCUT2D eigenvalue weighted by molar-refractivity contribution is 0.0703. The number of hydrogen-bond acceptors (Lipinski definition) is 3. The van der Waals surface area contributed by atoms with Crippen LogP contribution < -0.4 is 9.47 Å². The molecule has 1 saturated heterocycles. The molecule has 2 aliphatic carbocycles. The van der Waals surface area contributed by atoms with Crippen molar-refractivity contribution in [3.63, 3.8) is 0 Å². The number of nitrogens with zero attached hydrogens (tertiary/aromatic N) is 1. The Balaban J connectivity index is 1.51. The topological polar surface area (TPSA) is 38.8 Å². The van der Waals surface area contributed by atoms with E-state index in [0.29, 0.717) is 23.1 Å². The van der Waals surface area contributed by atoms with Gasteiger partial charge < -0.3 is 14.4 Å². The van der Waals surface area contributed by atoms with E-state index >= 15 is 0 Å². The first-order valence-electron chi connectivity index (χ1n) is 9.73. The van der Waals surface area contributed by atoms with Gasteiger partial charge in [0, 0.05) is 12.6 Å². The van der Waals surface area contributed by atoms with Crippen molar-refractivity contribution in [2.24, 2.45) is 17.8 Å². The third-order valence-electron chi connectivity index (χ3n) is 6.73. The SMILES string of the molecule is COc1cccc(C(=O)N2CCCC2CC2CC3CCC2C3)c1OC. The number of para-hydroxylation sites is 1. The van der Waals surface area contributed by atoms with Gasteiger partial charge in [-0.15, -0.1) is 0 Å². The minimum absolute atomic E-state index is 0.0985. The van der Waals surface area contributed by atoms with Gasteiger partial charge in [-0.3, -0.25) is 4.79 Å². The molecule has 0 radical (unpaired) electrons. The Hall–Kier alpha value is -1.71. The molecule has 4 heteroatoms. The highest BCUT2D eigenvalue weighted by molar-refractivity contribution is 5.98. The zero-order chi connectivity index (χ0) is 17.4. The first-order valence-corrected chi connectivity index (χ1v) is 9.73. The Morgan fingerprint density at radius 2 is 2.04 bits per heavy atom. The van der Waals surface area contributed by atoms with Gasteiger partial charge in [-0.05, 0) is 68.4 Å². The molecule has 1 aliphatic heterocycles. The van der Waals surface area contributed by atoms with Crippen LogP contribution in [0.1, 0.15) is 55.3 Å². The Bertz CT molecular complexity index is 644. The molecular formula is C21H29NO3. The molecule has 1 heterocycles. The van der Waals surface area contributed by atoms with Crippen molar-refractivity contribution in [1.82, 2.24) is 4.90 Å². The molecule has 0 N–H and O–H groups in total. The summed E-state index contributed by atoms with van der Waals surface area (Å²) >= 11 is 0. The smallest absolute Gasteiger partial charge is 0.258 e. The van der Waals surface area contributed by atoms with Crippen molar-refractivity contribution in [1.29, 1.82) is 0 Å². The average molecular weight is 343 g/mol. The molecule has 0 aromatic heterocycles. The second-order valence-electron chi connectivity index (χ2n) is 8.01. The summed E-state index contributed by atoms with van der Waals surface area (Å²) in [5.74, 6) is 4.01. The van der Waals surface area contributed by atoms with E-state index in [0.717, 1.165) is 37.1 Å². The summed E-state index contributed by atoms with van der Waals surface area (Å²) in [5, 5.41) is 0. The molecule has 4 rings (SSSR count). The quantitative estimate of drug-likeness (QED) is 0.807. The van der Waals surface area contributed by atoms with Crippen molar-refractivity contribution < 1.29 is 14.3 Å². The van der Waals surface area contributed by atoms with Crippen molar-refractivity contribution in [3.05, 3.63) is 23.8 Å². The van der Waals surface area contributed by atoms with E-state index in [2.05, 4.69) is 4.90 Å². The molecule has 2 saturated carbocycles. The molecule has 4 nitrogen and oxygen atoms in total. The van der Waals surface area contributed by atoms with Gasteiger partial charge in [0.15, 0.2) is 11.5 Å². The Labute approximate surface area is 150 Å². The Morgan fingerprint density at radius 3 is 2.72 bits per heavy atom. The molecule has 1 aromatic rings. The maximum absolute atomic E-state index is 13.2. The van der Waals surface area contributed by atoms with E-state index in [1.54, 1.807) is 14.2 Å². The Morgan fingerprint density at radius 1 is 1.16 bits per heavy atom. The molecule has 4 atom stereocenters. The number of carbonyl (C=O) groups is 1. The first kappa shape index (κ1) is 16.7. The van der Waals surface area contributed by atoms with Gasteiger partial charge in [-0.1, -0.05) is 12.5 Å². The lowest BCUT2D eigenvalue weighted by Gasteiger charge is -2.30. The minimum Gasteiger partial charge on any atom is -0.493 e. The third-order valence-corrected chi connectivity index (χ3v) is 6.73. The zero-order valence-electron chi connectivity index (χ0n) is 15.4. The average Bonchev–Trinajstić information content (AvgIpc) is 3.37. The van der Waals surface area contributed by atoms with Gasteiger partial charge in [0.2, 0.25) is 0 Å². The Kier molecular flexibility index (Phi) is 4.61. The molecule has 136 valence electrons. The highest BCUT2D eigenvalue weighted by Crippen LogP contribution is 2.50. The zero-order valence-corrected chi connectivity index (χ0v) is 15.4. The van der Waals surface area contributed by atoms with Crippen LogP contribution in [0.2, 0.25) is 0 Å². The summed E-state index contributed by atoms with van der Waals surface area (Å²) in [6.07, 6.45) is 9.14. The number of benzene rings is 1. The number of amides is 1. The maximum atomic E-state index is 13.2. The highest BCUT2D eigenvalue weighted by atomic mass is 16.5. The molecule has 25 heavy (non-hydrogen) atoms. The normalized spacial score (nSPS) is 30.7. The minimum atomic E-state index is 0.0985. The largest absolute Gasteiger partial charge is 0.493 e. The predicted octanol–water partition coefficient (Wildman–Crippen LogP) is 4.13. The van der Waals surface area contributed by atoms with Crippen LogP contribution >= 0.6 is 0 Å². The van der Waals surface area contributed by atoms with Crippen molar-refractivity contribution in [3.8, 4) is 11.5 Å². The van der Waals surface area contributed by atoms with Crippen LogP contribution in [0.15, 0.2) is 18.2 Å². The number of carbonyl (C=O) groups excluding carboxylic acids is 1. The summed E-state index contributed by atoms with van der Waals surface area (Å²) in [7, 11) is 3.21. The molecule has 0 spiro atoms. The lowest BCUT2D eigenvalue weighted by Crippen LogP contribution is -2.37. The van der Waals surface area contributed by atoms with Gasteiger partial charge in [0.25, 0.3) is 5.91 Å². The second-order valence-corrected chi connectivity index (χ2v) is 8.01. The van der Waals surface area contributed by atoms with Crippen LogP contribution in [0.4, 0.5) is 0 Å². The monoisotopic (exact) mass is 343 g/mol. The maximum Gasteiger partial charge on any atom is 0.258 e. The number of hydrogen-bond donors (Lipinski definition) is 0. The summed E-state index contributed by atoms with van der Waals surface area (Å²) < 4.78 is 10.8. The molecule has 3 aliphatic rings. The van der Waals surface area contributed by atoms with Gasteiger partial charge in [-0.2, -0.15) is 0 Å². The van der Waals surface area contributed by atoms with E-state index in [9.17, 15) is 4.79 Å². The number of fused-ring (bicyclic) bond motifs is 2. The van der Waals surface area contributed by atoms with Gasteiger partial charge >= 0.3 is 0 Å². The summed E-state index contributed by atoms with van der Waals surface area (Å²) in [6.45, 7) is 0.866. The van der Waals surface area contributed by atoms with E-state index in [1.165, 1.54) is 32.1 Å².